The van der Waals surface area contributed by atoms with Gasteiger partial charge in [-0.3, -0.25) is 9.52 Å². The molecule has 3 aromatic heterocycles. The van der Waals surface area contributed by atoms with Gasteiger partial charge in [0.05, 0.1) is 44.9 Å². The first-order chi connectivity index (χ1) is 49.5. The van der Waals surface area contributed by atoms with Gasteiger partial charge in [0, 0.05) is 11.1 Å². The van der Waals surface area contributed by atoms with Crippen LogP contribution in [-0.2, 0) is 10.0 Å². The number of ketones is 1. The molecule has 30 heteroatoms. The number of H-pyrrole nitrogens is 3. The number of nitrogens with zero attached hydrogens (tertiary/aromatic N) is 3. The maximum Gasteiger partial charge on any atom is 0.516 e. The summed E-state index contributed by atoms with van der Waals surface area (Å²) in [5, 5.41) is 10.1. The largest absolute Gasteiger partial charge is 0.516 e. The van der Waals surface area contributed by atoms with Gasteiger partial charge in [0.1, 0.15) is 34.7 Å². The zero-order chi connectivity index (χ0) is 75.7. The molecule has 14 nitrogen and oxygen atoms in total. The number of hydrogen-bond acceptors (Lipinski definition) is 10. The molecule has 0 saturated heterocycles. The van der Waals surface area contributed by atoms with Crippen LogP contribution in [0, 0.1) is 0 Å². The Morgan fingerprint density at radius 3 is 1.22 bits per heavy atom. The van der Waals surface area contributed by atoms with Crippen molar-refractivity contribution < 1.29 is 98.4 Å². The van der Waals surface area contributed by atoms with Gasteiger partial charge in [0.15, 0.2) is 19.0 Å². The minimum Gasteiger partial charge on any atom is -0.484 e. The fourth-order valence-corrected chi connectivity index (χ4v) is 10.9. The molecule has 3 heterocycles. The number of rotatable bonds is 19. The Labute approximate surface area is 587 Å². The number of carbonyl (C=O) groups excluding carboxylic acids is 1. The van der Waals surface area contributed by atoms with E-state index in [2.05, 4.69) is 34.6 Å². The third kappa shape index (κ3) is 20.6. The van der Waals surface area contributed by atoms with Crippen LogP contribution in [-0.4, -0.2) is 98.7 Å². The molecule has 12 rings (SSSR count). The number of Topliss-reactive ketones (excluding diaryl/α,β-unsaturated/α-hetero) is 1. The van der Waals surface area contributed by atoms with Crippen LogP contribution in [0.1, 0.15) is 70.0 Å². The third-order valence-corrected chi connectivity index (χ3v) is 16.3. The number of aliphatic hydroxyl groups excluding tert-OH is 1. The normalized spacial score (nSPS) is 12.8. The standard InChI is InChI=1S/C25H16F9N3O3S.C25H21F3N2O2.C25H19F3N2O2/c26-23(27,28)22(24(29,30)31)40-16-9-5-14(6-10-16)7-12-21-35-19-11-8-15(13-20(19)36-21)17-3-1-2-4-18(17)37-41(38,39)25(32,33)34;2*1-16(31)20-4-2-3-5-21(20)18-9-12-22-23(14-18)30-24(29-22)13-8-17-6-10-19(11-7-17)32-15-25(26,27)28/h1-13,22,37H,(H,35,36);2-14,16,31H,15H2,1H3,(H,29,30);2-14H,15H2,1H3,(H,29,30)/b12-7+;2*13-8+. The minimum absolute atomic E-state index is 0.00348. The van der Waals surface area contributed by atoms with E-state index in [1.165, 1.54) is 95.7 Å². The lowest BCUT2D eigenvalue weighted by molar-refractivity contribution is -0.299. The van der Waals surface area contributed by atoms with E-state index in [0.29, 0.717) is 39.4 Å². The minimum atomic E-state index is -5.66. The average molecular weight is 1480 g/mol. The first kappa shape index (κ1) is 76.0. The molecule has 0 aliphatic carbocycles. The van der Waals surface area contributed by atoms with Gasteiger partial charge in [0.2, 0.25) is 0 Å². The molecule has 0 saturated carbocycles. The Hall–Kier alpha value is -11.7. The van der Waals surface area contributed by atoms with Crippen molar-refractivity contribution in [2.45, 2.75) is 56.3 Å². The van der Waals surface area contributed by atoms with E-state index in [1.54, 1.807) is 56.3 Å². The molecule has 0 aliphatic heterocycles. The number of alkyl halides is 15. The second kappa shape index (κ2) is 31.5. The van der Waals surface area contributed by atoms with Crippen LogP contribution >= 0.6 is 0 Å². The zero-order valence-electron chi connectivity index (χ0n) is 54.4. The highest BCUT2D eigenvalue weighted by Crippen LogP contribution is 2.39. The first-order valence-electron chi connectivity index (χ1n) is 31.1. The number of nitrogens with one attached hydrogen (secondary N) is 4. The molecule has 0 amide bonds. The summed E-state index contributed by atoms with van der Waals surface area (Å²) in [6, 6.07) is 53.9. The smallest absolute Gasteiger partial charge is 0.484 e. The number of aliphatic hydroxyl groups is 1. The number of aromatic amines is 3. The molecule has 0 fully saturated rings. The Morgan fingerprint density at radius 1 is 0.467 bits per heavy atom. The fraction of sp³-hybridized carbons (Fsp3) is 0.147. The van der Waals surface area contributed by atoms with E-state index in [9.17, 15) is 84.2 Å². The molecule has 544 valence electrons. The summed E-state index contributed by atoms with van der Waals surface area (Å²) in [6.07, 6.45) is -14.5. The summed E-state index contributed by atoms with van der Waals surface area (Å²) in [5.41, 5.74) is 6.08. The van der Waals surface area contributed by atoms with Crippen molar-refractivity contribution in [3.8, 4) is 50.6 Å². The van der Waals surface area contributed by atoms with Gasteiger partial charge < -0.3 is 34.3 Å². The van der Waals surface area contributed by atoms with Gasteiger partial charge in [-0.25, -0.2) is 15.0 Å². The molecule has 9 aromatic carbocycles. The quantitative estimate of drug-likeness (QED) is 0.0384. The highest BCUT2D eigenvalue weighted by Gasteiger charge is 2.59. The van der Waals surface area contributed by atoms with Crippen LogP contribution in [0.5, 0.6) is 17.2 Å². The Morgan fingerprint density at radius 2 is 0.829 bits per heavy atom. The van der Waals surface area contributed by atoms with Gasteiger partial charge in [-0.05, 0) is 161 Å². The maximum absolute atomic E-state index is 12.9. The number of anilines is 1. The molecular formula is C75H56F15N7O7S. The first-order valence-corrected chi connectivity index (χ1v) is 32.6. The van der Waals surface area contributed by atoms with Gasteiger partial charge in [-0.15, -0.1) is 0 Å². The molecule has 0 aliphatic rings. The number of carbonyl (C=O) groups is 1. The summed E-state index contributed by atoms with van der Waals surface area (Å²) in [5.74, 6) is 1.25. The molecule has 105 heavy (non-hydrogen) atoms. The van der Waals surface area contributed by atoms with Crippen LogP contribution in [0.2, 0.25) is 0 Å². The predicted molar refractivity (Wildman–Crippen MR) is 370 cm³/mol. The number of hydrogen-bond donors (Lipinski definition) is 5. The topological polar surface area (TPSA) is 197 Å². The molecule has 12 aromatic rings. The number of benzene rings is 9. The summed E-state index contributed by atoms with van der Waals surface area (Å²) in [4.78, 5) is 34.8. The van der Waals surface area contributed by atoms with Crippen molar-refractivity contribution in [2.75, 3.05) is 17.9 Å². The van der Waals surface area contributed by atoms with Crippen LogP contribution in [0.4, 0.5) is 71.5 Å². The highest BCUT2D eigenvalue weighted by atomic mass is 32.2. The third-order valence-electron chi connectivity index (χ3n) is 15.2. The number of sulfonamides is 1. The summed E-state index contributed by atoms with van der Waals surface area (Å²) in [6.45, 7) is 0.655. The number of imidazole rings is 3. The summed E-state index contributed by atoms with van der Waals surface area (Å²) < 4.78 is 226. The summed E-state index contributed by atoms with van der Waals surface area (Å²) >= 11 is 0. The zero-order valence-corrected chi connectivity index (χ0v) is 55.2. The fourth-order valence-electron chi connectivity index (χ4n) is 10.3. The summed E-state index contributed by atoms with van der Waals surface area (Å²) in [7, 11) is -5.66. The van der Waals surface area contributed by atoms with Gasteiger partial charge in [-0.2, -0.15) is 74.3 Å². The van der Waals surface area contributed by atoms with E-state index < -0.39 is 71.4 Å². The molecule has 1 unspecified atom stereocenters. The number of halogens is 15. The monoisotopic (exact) mass is 1480 g/mol. The lowest BCUT2D eigenvalue weighted by Gasteiger charge is -2.23. The lowest BCUT2D eigenvalue weighted by Crippen LogP contribution is -2.46. The average Bonchev–Trinajstić information content (AvgIpc) is 1.79. The predicted octanol–water partition coefficient (Wildman–Crippen LogP) is 20.5. The number of fused-ring (bicyclic) bond motifs is 3. The second-order valence-electron chi connectivity index (χ2n) is 23.1. The SMILES string of the molecule is CC(=O)c1ccccc1-c1ccc2nc(/C=C/c3ccc(OCC(F)(F)F)cc3)[nH]c2c1.CC(O)c1ccccc1-c1ccc2nc(/C=C/c3ccc(OCC(F)(F)F)cc3)[nH]c2c1.O=S(=O)(Nc1ccccc1-c1ccc2nc(/C=C/c3ccc(OC(C(F)(F)F)C(F)(F)F)cc3)[nH]c2c1)C(F)(F)F. The van der Waals surface area contributed by atoms with Crippen molar-refractivity contribution in [1.29, 1.82) is 0 Å². The second-order valence-corrected chi connectivity index (χ2v) is 24.8. The Balaban J connectivity index is 0.000000171. The Bertz CT molecular complexity index is 5220. The maximum atomic E-state index is 12.9. The van der Waals surface area contributed by atoms with E-state index in [1.807, 2.05) is 91.0 Å². The van der Waals surface area contributed by atoms with Crippen molar-refractivity contribution in [2.24, 2.45) is 0 Å². The van der Waals surface area contributed by atoms with Gasteiger partial charge >= 0.3 is 40.2 Å². The van der Waals surface area contributed by atoms with Crippen molar-refractivity contribution in [3.05, 3.63) is 245 Å². The molecule has 0 bridgehead atoms. The number of aromatic nitrogens is 6. The number of para-hydroxylation sites is 1. The number of ether oxygens (including phenoxy) is 3. The van der Waals surface area contributed by atoms with Crippen LogP contribution < -0.4 is 18.9 Å². The molecule has 1 atom stereocenters. The van der Waals surface area contributed by atoms with Gasteiger partial charge in [0.25, 0.3) is 6.10 Å². The lowest BCUT2D eigenvalue weighted by atomic mass is 9.96. The Kier molecular flexibility index (Phi) is 22.8. The van der Waals surface area contributed by atoms with Crippen LogP contribution in [0.15, 0.2) is 200 Å². The van der Waals surface area contributed by atoms with E-state index in [-0.39, 0.29) is 34.4 Å². The van der Waals surface area contributed by atoms with Crippen molar-refractivity contribution >= 4 is 91.1 Å². The van der Waals surface area contributed by atoms with Crippen molar-refractivity contribution in [3.63, 3.8) is 0 Å². The van der Waals surface area contributed by atoms with Crippen LogP contribution in [0.25, 0.3) is 103 Å². The van der Waals surface area contributed by atoms with E-state index in [0.717, 1.165) is 73.1 Å². The van der Waals surface area contributed by atoms with E-state index >= 15 is 0 Å². The molecule has 0 radical (unpaired) electrons. The molecule has 5 N–H and O–H groups in total. The van der Waals surface area contributed by atoms with Gasteiger partial charge in [-0.1, -0.05) is 140 Å². The van der Waals surface area contributed by atoms with E-state index in [4.69, 9.17) is 9.47 Å². The molecular weight excluding hydrogens is 1430 g/mol. The van der Waals surface area contributed by atoms with Crippen LogP contribution in [0.3, 0.4) is 0 Å². The highest BCUT2D eigenvalue weighted by molar-refractivity contribution is 7.93. The van der Waals surface area contributed by atoms with Crippen molar-refractivity contribution in [1.82, 2.24) is 29.9 Å². The molecule has 0 spiro atoms.